The Morgan fingerprint density at radius 2 is 2.14 bits per heavy atom. The summed E-state index contributed by atoms with van der Waals surface area (Å²) in [5.41, 5.74) is 1.90. The first kappa shape index (κ1) is 16.0. The highest BCUT2D eigenvalue weighted by Gasteiger charge is 2.24. The number of nitrogens with zero attached hydrogens (tertiary/aromatic N) is 3. The van der Waals surface area contributed by atoms with Crippen molar-refractivity contribution in [3.8, 4) is 0 Å². The van der Waals surface area contributed by atoms with E-state index in [-0.39, 0.29) is 11.7 Å². The molecule has 1 amide bonds. The monoisotopic (exact) mass is 322 g/mol. The summed E-state index contributed by atoms with van der Waals surface area (Å²) in [7, 11) is 0. The smallest absolute Gasteiger partial charge is 0.358 e. The molecule has 1 unspecified atom stereocenters. The standard InChI is InChI=1S/C14H15ClN4O3/c1-8-7-13(19(21)22)17-18(8)10(3)14(20)16-12-6-4-5-11(15)9(12)2/h4-7,10H,1-3H3,(H,16,20). The predicted octanol–water partition coefficient (Wildman–Crippen LogP) is 3.26. The zero-order valence-corrected chi connectivity index (χ0v) is 13.1. The van der Waals surface area contributed by atoms with Crippen LogP contribution in [0.2, 0.25) is 5.02 Å². The molecular formula is C14H15ClN4O3. The predicted molar refractivity (Wildman–Crippen MR) is 83.1 cm³/mol. The fraction of sp³-hybridized carbons (Fsp3) is 0.286. The van der Waals surface area contributed by atoms with Gasteiger partial charge in [0.1, 0.15) is 6.04 Å². The van der Waals surface area contributed by atoms with Gasteiger partial charge in [0.2, 0.25) is 0 Å². The van der Waals surface area contributed by atoms with E-state index in [0.29, 0.717) is 16.4 Å². The topological polar surface area (TPSA) is 90.1 Å². The Morgan fingerprint density at radius 1 is 1.45 bits per heavy atom. The minimum atomic E-state index is -0.688. The van der Waals surface area contributed by atoms with E-state index in [1.807, 2.05) is 0 Å². The maximum atomic E-state index is 12.3. The highest BCUT2D eigenvalue weighted by atomic mass is 35.5. The maximum absolute atomic E-state index is 12.3. The molecule has 0 saturated heterocycles. The number of carbonyl (C=O) groups excluding carboxylic acids is 1. The van der Waals surface area contributed by atoms with Gasteiger partial charge in [0.25, 0.3) is 5.91 Å². The Kier molecular flexibility index (Phi) is 4.46. The number of carbonyl (C=O) groups is 1. The number of aryl methyl sites for hydroxylation is 1. The van der Waals surface area contributed by atoms with E-state index in [1.54, 1.807) is 39.0 Å². The molecule has 0 spiro atoms. The van der Waals surface area contributed by atoms with Crippen LogP contribution in [0.3, 0.4) is 0 Å². The van der Waals surface area contributed by atoms with Gasteiger partial charge >= 0.3 is 5.82 Å². The first-order chi connectivity index (χ1) is 10.3. The van der Waals surface area contributed by atoms with Crippen molar-refractivity contribution in [2.75, 3.05) is 5.32 Å². The van der Waals surface area contributed by atoms with Crippen LogP contribution in [0.4, 0.5) is 11.5 Å². The van der Waals surface area contributed by atoms with E-state index in [4.69, 9.17) is 11.6 Å². The molecule has 0 saturated carbocycles. The van der Waals surface area contributed by atoms with Gasteiger partial charge in [-0.05, 0) is 43.4 Å². The van der Waals surface area contributed by atoms with Crippen LogP contribution in [0.5, 0.6) is 0 Å². The maximum Gasteiger partial charge on any atom is 0.390 e. The van der Waals surface area contributed by atoms with E-state index in [9.17, 15) is 14.9 Å². The fourth-order valence-electron chi connectivity index (χ4n) is 2.04. The Bertz CT molecular complexity index is 742. The van der Waals surface area contributed by atoms with Gasteiger partial charge in [-0.3, -0.25) is 4.79 Å². The van der Waals surface area contributed by atoms with Gasteiger partial charge in [-0.15, -0.1) is 0 Å². The molecule has 0 aliphatic rings. The van der Waals surface area contributed by atoms with Crippen molar-refractivity contribution in [3.63, 3.8) is 0 Å². The summed E-state index contributed by atoms with van der Waals surface area (Å²) >= 11 is 6.01. The van der Waals surface area contributed by atoms with Crippen molar-refractivity contribution < 1.29 is 9.72 Å². The lowest BCUT2D eigenvalue weighted by Gasteiger charge is -2.13. The van der Waals surface area contributed by atoms with Gasteiger partial charge in [0.05, 0.1) is 16.9 Å². The number of nitrogens with one attached hydrogen (secondary N) is 1. The quantitative estimate of drug-likeness (QED) is 0.691. The van der Waals surface area contributed by atoms with Crippen LogP contribution in [-0.4, -0.2) is 20.6 Å². The van der Waals surface area contributed by atoms with Crippen molar-refractivity contribution in [1.29, 1.82) is 0 Å². The molecule has 7 nitrogen and oxygen atoms in total. The number of hydrogen-bond donors (Lipinski definition) is 1. The largest absolute Gasteiger partial charge is 0.390 e. The molecule has 1 heterocycles. The lowest BCUT2D eigenvalue weighted by Crippen LogP contribution is -2.25. The van der Waals surface area contributed by atoms with Gasteiger partial charge in [0.15, 0.2) is 0 Å². The second-order valence-corrected chi connectivity index (χ2v) is 5.33. The minimum absolute atomic E-state index is 0.281. The van der Waals surface area contributed by atoms with Crippen LogP contribution >= 0.6 is 11.6 Å². The summed E-state index contributed by atoms with van der Waals surface area (Å²) in [5, 5.41) is 17.9. The number of anilines is 1. The molecule has 1 N–H and O–H groups in total. The molecule has 2 rings (SSSR count). The zero-order chi connectivity index (χ0) is 16.4. The van der Waals surface area contributed by atoms with Crippen LogP contribution in [0, 0.1) is 24.0 Å². The molecule has 0 aliphatic carbocycles. The minimum Gasteiger partial charge on any atom is -0.358 e. The normalized spacial score (nSPS) is 12.0. The Labute approximate surface area is 132 Å². The number of rotatable bonds is 4. The van der Waals surface area contributed by atoms with Crippen molar-refractivity contribution in [1.82, 2.24) is 9.78 Å². The number of nitro groups is 1. The van der Waals surface area contributed by atoms with Crippen LogP contribution in [0.1, 0.15) is 24.2 Å². The number of amides is 1. The summed E-state index contributed by atoms with van der Waals surface area (Å²) in [4.78, 5) is 22.5. The Morgan fingerprint density at radius 3 is 2.73 bits per heavy atom. The summed E-state index contributed by atoms with van der Waals surface area (Å²) in [6.07, 6.45) is 0. The van der Waals surface area contributed by atoms with E-state index >= 15 is 0 Å². The lowest BCUT2D eigenvalue weighted by molar-refractivity contribution is -0.389. The summed E-state index contributed by atoms with van der Waals surface area (Å²) in [6, 6.07) is 5.85. The molecule has 0 fully saturated rings. The third kappa shape index (κ3) is 3.09. The second kappa shape index (κ2) is 6.15. The summed E-state index contributed by atoms with van der Waals surface area (Å²) in [6.45, 7) is 5.08. The summed E-state index contributed by atoms with van der Waals surface area (Å²) in [5.74, 6) is -0.609. The average Bonchev–Trinajstić information content (AvgIpc) is 2.85. The summed E-state index contributed by atoms with van der Waals surface area (Å²) < 4.78 is 1.33. The van der Waals surface area contributed by atoms with Gasteiger partial charge < -0.3 is 15.4 Å². The molecule has 22 heavy (non-hydrogen) atoms. The van der Waals surface area contributed by atoms with Crippen LogP contribution < -0.4 is 5.32 Å². The molecule has 0 bridgehead atoms. The van der Waals surface area contributed by atoms with Gasteiger partial charge in [0, 0.05) is 10.7 Å². The molecule has 8 heteroatoms. The van der Waals surface area contributed by atoms with E-state index in [2.05, 4.69) is 10.4 Å². The number of hydrogen-bond acceptors (Lipinski definition) is 4. The third-order valence-electron chi connectivity index (χ3n) is 3.37. The van der Waals surface area contributed by atoms with Crippen molar-refractivity contribution in [2.24, 2.45) is 0 Å². The van der Waals surface area contributed by atoms with Crippen LogP contribution in [0.25, 0.3) is 0 Å². The molecule has 1 aromatic heterocycles. The van der Waals surface area contributed by atoms with Crippen LogP contribution in [-0.2, 0) is 4.79 Å². The molecule has 0 radical (unpaired) electrons. The first-order valence-corrected chi connectivity index (χ1v) is 6.95. The van der Waals surface area contributed by atoms with Gasteiger partial charge in [-0.25, -0.2) is 0 Å². The molecule has 116 valence electrons. The zero-order valence-electron chi connectivity index (χ0n) is 12.3. The first-order valence-electron chi connectivity index (χ1n) is 6.57. The van der Waals surface area contributed by atoms with Gasteiger partial charge in [-0.2, -0.15) is 4.68 Å². The molecular weight excluding hydrogens is 308 g/mol. The molecule has 1 aromatic carbocycles. The SMILES string of the molecule is Cc1c(Cl)cccc1NC(=O)C(C)n1nc([N+](=O)[O-])cc1C. The number of benzene rings is 1. The average molecular weight is 323 g/mol. The van der Waals surface area contributed by atoms with Crippen molar-refractivity contribution >= 4 is 29.0 Å². The highest BCUT2D eigenvalue weighted by molar-refractivity contribution is 6.31. The van der Waals surface area contributed by atoms with E-state index in [0.717, 1.165) is 5.56 Å². The molecule has 2 aromatic rings. The lowest BCUT2D eigenvalue weighted by atomic mass is 10.2. The number of aromatic nitrogens is 2. The van der Waals surface area contributed by atoms with Crippen LogP contribution in [0.15, 0.2) is 24.3 Å². The molecule has 0 aliphatic heterocycles. The second-order valence-electron chi connectivity index (χ2n) is 4.92. The van der Waals surface area contributed by atoms with Crippen molar-refractivity contribution in [3.05, 3.63) is 50.7 Å². The third-order valence-corrected chi connectivity index (χ3v) is 3.78. The molecule has 1 atom stereocenters. The van der Waals surface area contributed by atoms with Gasteiger partial charge in [-0.1, -0.05) is 17.7 Å². The Hall–Kier alpha value is -2.41. The van der Waals surface area contributed by atoms with E-state index in [1.165, 1.54) is 10.7 Å². The van der Waals surface area contributed by atoms with E-state index < -0.39 is 11.0 Å². The Balaban J connectivity index is 2.22. The fourth-order valence-corrected chi connectivity index (χ4v) is 2.22. The number of halogens is 1. The van der Waals surface area contributed by atoms with Crippen molar-refractivity contribution in [2.45, 2.75) is 26.8 Å². The highest BCUT2D eigenvalue weighted by Crippen LogP contribution is 2.24.